The molecule has 0 fully saturated rings. The van der Waals surface area contributed by atoms with Gasteiger partial charge in [-0.2, -0.15) is 10.4 Å². The number of carbonyl (C=O) groups excluding carboxylic acids is 1. The fourth-order valence-corrected chi connectivity index (χ4v) is 2.51. The van der Waals surface area contributed by atoms with Gasteiger partial charge in [0.15, 0.2) is 0 Å². The van der Waals surface area contributed by atoms with Crippen LogP contribution in [0.25, 0.3) is 0 Å². The molecule has 1 atom stereocenters. The predicted octanol–water partition coefficient (Wildman–Crippen LogP) is 3.74. The van der Waals surface area contributed by atoms with E-state index in [1.54, 1.807) is 18.0 Å². The lowest BCUT2D eigenvalue weighted by atomic mass is 9.90. The van der Waals surface area contributed by atoms with Crippen molar-refractivity contribution >= 4 is 23.9 Å². The van der Waals surface area contributed by atoms with Crippen LogP contribution in [0.1, 0.15) is 39.2 Å². The molecule has 0 aliphatic carbocycles. The summed E-state index contributed by atoms with van der Waals surface area (Å²) in [5.41, 5.74) is 3.59. The van der Waals surface area contributed by atoms with E-state index < -0.39 is 0 Å². The molecule has 0 saturated heterocycles. The van der Waals surface area contributed by atoms with Crippen molar-refractivity contribution in [2.45, 2.75) is 44.6 Å². The zero-order valence-electron chi connectivity index (χ0n) is 13.4. The van der Waals surface area contributed by atoms with E-state index in [4.69, 9.17) is 5.26 Å². The van der Waals surface area contributed by atoms with Crippen molar-refractivity contribution in [1.29, 1.82) is 5.26 Å². The van der Waals surface area contributed by atoms with Gasteiger partial charge < -0.3 is 0 Å². The summed E-state index contributed by atoms with van der Waals surface area (Å²) >= 11 is 1.58. The zero-order chi connectivity index (χ0) is 16.4. The highest BCUT2D eigenvalue weighted by molar-refractivity contribution is 7.99. The summed E-state index contributed by atoms with van der Waals surface area (Å²) in [6.07, 6.45) is 2.91. The fourth-order valence-electron chi connectivity index (χ4n) is 1.68. The maximum Gasteiger partial charge on any atom is 0.252 e. The van der Waals surface area contributed by atoms with Crippen LogP contribution < -0.4 is 5.43 Å². The standard InChI is InChI=1S/C17H23N3OS/c1-14(22-12-15-8-5-4-6-9-15)16(21)20-19-13-17(2,3)10-7-11-18/h4-6,8-9,13-14H,7,10,12H2,1-3H3,(H,20,21)/b19-13-/t14-/m1/s1. The number of nitriles is 1. The Morgan fingerprint density at radius 2 is 2.14 bits per heavy atom. The summed E-state index contributed by atoms with van der Waals surface area (Å²) in [5, 5.41) is 12.5. The third-order valence-electron chi connectivity index (χ3n) is 3.18. The zero-order valence-corrected chi connectivity index (χ0v) is 14.2. The van der Waals surface area contributed by atoms with Gasteiger partial charge in [-0.05, 0) is 18.9 Å². The van der Waals surface area contributed by atoms with Gasteiger partial charge in [0, 0.05) is 23.8 Å². The molecule has 0 aliphatic rings. The third-order valence-corrected chi connectivity index (χ3v) is 4.40. The maximum atomic E-state index is 12.0. The summed E-state index contributed by atoms with van der Waals surface area (Å²) < 4.78 is 0. The van der Waals surface area contributed by atoms with Gasteiger partial charge in [-0.1, -0.05) is 44.2 Å². The van der Waals surface area contributed by atoms with Gasteiger partial charge in [0.2, 0.25) is 0 Å². The molecule has 1 aromatic rings. The van der Waals surface area contributed by atoms with Crippen LogP contribution in [-0.2, 0) is 10.5 Å². The van der Waals surface area contributed by atoms with E-state index in [1.807, 2.05) is 51.1 Å². The van der Waals surface area contributed by atoms with Crippen LogP contribution in [0.5, 0.6) is 0 Å². The molecule has 1 aromatic carbocycles. The Balaban J connectivity index is 2.36. The van der Waals surface area contributed by atoms with Crippen LogP contribution in [0.2, 0.25) is 0 Å². The predicted molar refractivity (Wildman–Crippen MR) is 92.5 cm³/mol. The van der Waals surface area contributed by atoms with Gasteiger partial charge >= 0.3 is 0 Å². The van der Waals surface area contributed by atoms with Crippen molar-refractivity contribution in [3.05, 3.63) is 35.9 Å². The number of hydrogen-bond acceptors (Lipinski definition) is 4. The molecule has 0 spiro atoms. The first-order valence-corrected chi connectivity index (χ1v) is 8.36. The van der Waals surface area contributed by atoms with Crippen molar-refractivity contribution in [1.82, 2.24) is 5.43 Å². The Kier molecular flexibility index (Phi) is 7.69. The van der Waals surface area contributed by atoms with Gasteiger partial charge in [0.25, 0.3) is 5.91 Å². The highest BCUT2D eigenvalue weighted by Gasteiger charge is 2.16. The van der Waals surface area contributed by atoms with Gasteiger partial charge in [-0.3, -0.25) is 4.79 Å². The minimum Gasteiger partial charge on any atom is -0.272 e. The van der Waals surface area contributed by atoms with Crippen LogP contribution >= 0.6 is 11.8 Å². The minimum absolute atomic E-state index is 0.103. The largest absolute Gasteiger partial charge is 0.272 e. The number of benzene rings is 1. The van der Waals surface area contributed by atoms with Crippen molar-refractivity contribution in [3.8, 4) is 6.07 Å². The van der Waals surface area contributed by atoms with Crippen LogP contribution in [0.4, 0.5) is 0 Å². The average molecular weight is 317 g/mol. The van der Waals surface area contributed by atoms with E-state index in [2.05, 4.69) is 16.6 Å². The normalized spacial score (nSPS) is 12.8. The summed E-state index contributed by atoms with van der Waals surface area (Å²) in [4.78, 5) is 12.0. The molecule has 0 bridgehead atoms. The second kappa shape index (κ2) is 9.26. The second-order valence-electron chi connectivity index (χ2n) is 5.82. The molecule has 1 rings (SSSR count). The highest BCUT2D eigenvalue weighted by atomic mass is 32.2. The van der Waals surface area contributed by atoms with Crippen molar-refractivity contribution in [2.24, 2.45) is 10.5 Å². The van der Waals surface area contributed by atoms with Crippen LogP contribution in [-0.4, -0.2) is 17.4 Å². The Labute approximate surface area is 137 Å². The minimum atomic E-state index is -0.191. The molecule has 0 saturated carbocycles. The molecule has 0 heterocycles. The molecule has 118 valence electrons. The smallest absolute Gasteiger partial charge is 0.252 e. The number of amides is 1. The summed E-state index contributed by atoms with van der Waals surface area (Å²) in [6, 6.07) is 12.2. The Morgan fingerprint density at radius 3 is 2.77 bits per heavy atom. The summed E-state index contributed by atoms with van der Waals surface area (Å²) in [7, 11) is 0. The number of hydrogen-bond donors (Lipinski definition) is 1. The molecule has 0 aromatic heterocycles. The molecule has 5 heteroatoms. The molecule has 0 unspecified atom stereocenters. The molecular weight excluding hydrogens is 294 g/mol. The number of carbonyl (C=O) groups is 1. The average Bonchev–Trinajstić information content (AvgIpc) is 2.51. The van der Waals surface area contributed by atoms with Crippen molar-refractivity contribution in [3.63, 3.8) is 0 Å². The number of hydrazone groups is 1. The quantitative estimate of drug-likeness (QED) is 0.587. The lowest BCUT2D eigenvalue weighted by Gasteiger charge is -2.17. The number of thioether (sulfide) groups is 1. The monoisotopic (exact) mass is 317 g/mol. The second-order valence-corrected chi connectivity index (χ2v) is 7.15. The van der Waals surface area contributed by atoms with Crippen LogP contribution in [0.15, 0.2) is 35.4 Å². The lowest BCUT2D eigenvalue weighted by Crippen LogP contribution is -2.28. The van der Waals surface area contributed by atoms with E-state index in [-0.39, 0.29) is 16.6 Å². The SMILES string of the molecule is C[C@@H](SCc1ccccc1)C(=O)N/N=C\C(C)(C)CCC#N. The van der Waals surface area contributed by atoms with E-state index in [0.717, 1.165) is 12.2 Å². The summed E-state index contributed by atoms with van der Waals surface area (Å²) in [5.74, 6) is 0.695. The summed E-state index contributed by atoms with van der Waals surface area (Å²) in [6.45, 7) is 5.86. The van der Waals surface area contributed by atoms with E-state index in [9.17, 15) is 4.79 Å². The van der Waals surface area contributed by atoms with Gasteiger partial charge in [0.1, 0.15) is 0 Å². The Hall–Kier alpha value is -1.80. The van der Waals surface area contributed by atoms with Gasteiger partial charge in [-0.25, -0.2) is 5.43 Å². The van der Waals surface area contributed by atoms with E-state index in [0.29, 0.717) is 6.42 Å². The highest BCUT2D eigenvalue weighted by Crippen LogP contribution is 2.19. The first kappa shape index (κ1) is 18.2. The van der Waals surface area contributed by atoms with E-state index in [1.165, 1.54) is 5.56 Å². The first-order valence-electron chi connectivity index (χ1n) is 7.31. The van der Waals surface area contributed by atoms with Crippen LogP contribution in [0, 0.1) is 16.7 Å². The number of nitrogens with one attached hydrogen (secondary N) is 1. The molecule has 4 nitrogen and oxygen atoms in total. The maximum absolute atomic E-state index is 12.0. The molecule has 0 aliphatic heterocycles. The van der Waals surface area contributed by atoms with E-state index >= 15 is 0 Å². The van der Waals surface area contributed by atoms with Crippen molar-refractivity contribution < 1.29 is 4.79 Å². The lowest BCUT2D eigenvalue weighted by molar-refractivity contribution is -0.120. The fraction of sp³-hybridized carbons (Fsp3) is 0.471. The number of rotatable bonds is 8. The molecule has 1 amide bonds. The number of nitrogens with zero attached hydrogens (tertiary/aromatic N) is 2. The Bertz CT molecular complexity index is 535. The van der Waals surface area contributed by atoms with Crippen LogP contribution in [0.3, 0.4) is 0 Å². The Morgan fingerprint density at radius 1 is 1.45 bits per heavy atom. The van der Waals surface area contributed by atoms with Gasteiger partial charge in [0.05, 0.1) is 11.3 Å². The molecule has 0 radical (unpaired) electrons. The molecular formula is C17H23N3OS. The van der Waals surface area contributed by atoms with Crippen molar-refractivity contribution in [2.75, 3.05) is 0 Å². The third kappa shape index (κ3) is 7.28. The topological polar surface area (TPSA) is 65.2 Å². The molecule has 1 N–H and O–H groups in total. The molecule has 22 heavy (non-hydrogen) atoms. The van der Waals surface area contributed by atoms with Gasteiger partial charge in [-0.15, -0.1) is 11.8 Å². The first-order chi connectivity index (χ1) is 10.4.